The van der Waals surface area contributed by atoms with Crippen LogP contribution in [0.4, 0.5) is 0 Å². The molecule has 0 atom stereocenters. The number of benzene rings is 1. The van der Waals surface area contributed by atoms with Crippen molar-refractivity contribution in [2.45, 2.75) is 38.9 Å². The first kappa shape index (κ1) is 13.8. The molecule has 0 N–H and O–H groups in total. The summed E-state index contributed by atoms with van der Waals surface area (Å²) < 4.78 is 12.0. The monoisotopic (exact) mass is 287 g/mol. The molecule has 2 aromatic rings. The number of hydrogen-bond donors (Lipinski definition) is 0. The minimum absolute atomic E-state index is 0.323. The van der Waals surface area contributed by atoms with E-state index in [4.69, 9.17) is 9.31 Å². The van der Waals surface area contributed by atoms with Gasteiger partial charge in [-0.05, 0) is 27.7 Å². The minimum atomic E-state index is -0.373. The molecule has 1 aliphatic rings. The molecule has 1 aliphatic heterocycles. The SMILES string of the molecule is CC1(C)OB(c2nc(-c3ccccc3)cs2)OC1(C)C. The second kappa shape index (κ2) is 4.69. The molecule has 5 heteroatoms. The molecule has 3 rings (SSSR count). The van der Waals surface area contributed by atoms with Crippen LogP contribution in [0.3, 0.4) is 0 Å². The van der Waals surface area contributed by atoms with Crippen LogP contribution in [0, 0.1) is 0 Å². The van der Waals surface area contributed by atoms with E-state index in [2.05, 4.69) is 50.2 Å². The van der Waals surface area contributed by atoms with Gasteiger partial charge in [-0.2, -0.15) is 0 Å². The lowest BCUT2D eigenvalue weighted by molar-refractivity contribution is 0.00578. The van der Waals surface area contributed by atoms with Gasteiger partial charge < -0.3 is 9.31 Å². The zero-order valence-corrected chi connectivity index (χ0v) is 13.0. The van der Waals surface area contributed by atoms with Crippen molar-refractivity contribution in [3.05, 3.63) is 35.7 Å². The van der Waals surface area contributed by atoms with Gasteiger partial charge in [-0.1, -0.05) is 30.3 Å². The second-order valence-corrected chi connectivity index (χ2v) is 6.91. The molecule has 0 spiro atoms. The Labute approximate surface area is 124 Å². The topological polar surface area (TPSA) is 31.4 Å². The third-order valence-electron chi connectivity index (χ3n) is 4.05. The van der Waals surface area contributed by atoms with Crippen molar-refractivity contribution in [1.29, 1.82) is 0 Å². The zero-order chi connectivity index (χ0) is 14.4. The predicted molar refractivity (Wildman–Crippen MR) is 83.3 cm³/mol. The van der Waals surface area contributed by atoms with Crippen molar-refractivity contribution in [3.8, 4) is 11.3 Å². The fourth-order valence-corrected chi connectivity index (χ4v) is 2.86. The lowest BCUT2D eigenvalue weighted by Crippen LogP contribution is -2.41. The molecule has 2 heterocycles. The summed E-state index contributed by atoms with van der Waals surface area (Å²) >= 11 is 1.58. The average molecular weight is 287 g/mol. The molecule has 1 aromatic carbocycles. The van der Waals surface area contributed by atoms with E-state index in [0.717, 1.165) is 16.2 Å². The van der Waals surface area contributed by atoms with Gasteiger partial charge in [0.25, 0.3) is 0 Å². The van der Waals surface area contributed by atoms with Crippen LogP contribution in [-0.4, -0.2) is 23.3 Å². The normalized spacial score (nSPS) is 20.3. The molecule has 0 aliphatic carbocycles. The van der Waals surface area contributed by atoms with E-state index in [1.807, 2.05) is 18.2 Å². The highest BCUT2D eigenvalue weighted by molar-refractivity contribution is 7.20. The van der Waals surface area contributed by atoms with Crippen LogP contribution in [0.5, 0.6) is 0 Å². The molecule has 20 heavy (non-hydrogen) atoms. The molecular weight excluding hydrogens is 269 g/mol. The Morgan fingerprint density at radius 2 is 1.60 bits per heavy atom. The lowest BCUT2D eigenvalue weighted by Gasteiger charge is -2.32. The summed E-state index contributed by atoms with van der Waals surface area (Å²) in [6.45, 7) is 8.22. The van der Waals surface area contributed by atoms with Crippen molar-refractivity contribution < 1.29 is 9.31 Å². The van der Waals surface area contributed by atoms with Crippen LogP contribution < -0.4 is 4.91 Å². The van der Waals surface area contributed by atoms with Crippen LogP contribution in [0.2, 0.25) is 0 Å². The average Bonchev–Trinajstić information content (AvgIpc) is 2.94. The van der Waals surface area contributed by atoms with Gasteiger partial charge >= 0.3 is 7.12 Å². The molecule has 3 nitrogen and oxygen atoms in total. The molecule has 0 amide bonds. The van der Waals surface area contributed by atoms with Gasteiger partial charge in [0.05, 0.1) is 16.9 Å². The molecule has 1 saturated heterocycles. The van der Waals surface area contributed by atoms with Gasteiger partial charge in [-0.15, -0.1) is 11.3 Å². The summed E-state index contributed by atoms with van der Waals surface area (Å²) in [7, 11) is -0.373. The quantitative estimate of drug-likeness (QED) is 0.795. The summed E-state index contributed by atoms with van der Waals surface area (Å²) in [5.74, 6) is 0. The standard InChI is InChI=1S/C15H18BNO2S/c1-14(2)15(3,4)19-16(18-14)13-17-12(10-20-13)11-8-6-5-7-9-11/h5-10H,1-4H3. The summed E-state index contributed by atoms with van der Waals surface area (Å²) in [5, 5.41) is 2.05. The maximum Gasteiger partial charge on any atom is 0.525 e. The fourth-order valence-electron chi connectivity index (χ4n) is 2.08. The first-order chi connectivity index (χ1) is 9.39. The molecule has 1 fully saturated rings. The molecule has 1 aromatic heterocycles. The maximum absolute atomic E-state index is 6.02. The first-order valence-electron chi connectivity index (χ1n) is 6.75. The summed E-state index contributed by atoms with van der Waals surface area (Å²) in [6, 6.07) is 10.2. The van der Waals surface area contributed by atoms with Crippen LogP contribution in [0.25, 0.3) is 11.3 Å². The Morgan fingerprint density at radius 1 is 1.00 bits per heavy atom. The number of nitrogens with zero attached hydrogens (tertiary/aromatic N) is 1. The lowest BCUT2D eigenvalue weighted by atomic mass is 9.90. The number of thiazole rings is 1. The number of aromatic nitrogens is 1. The fraction of sp³-hybridized carbons (Fsp3) is 0.400. The smallest absolute Gasteiger partial charge is 0.398 e. The minimum Gasteiger partial charge on any atom is -0.398 e. The Bertz CT molecular complexity index is 593. The highest BCUT2D eigenvalue weighted by Gasteiger charge is 2.52. The van der Waals surface area contributed by atoms with E-state index in [0.29, 0.717) is 0 Å². The third-order valence-corrected chi connectivity index (χ3v) is 4.91. The van der Waals surface area contributed by atoms with Crippen molar-refractivity contribution >= 4 is 23.4 Å². The van der Waals surface area contributed by atoms with E-state index < -0.39 is 0 Å². The molecule has 0 bridgehead atoms. The van der Waals surface area contributed by atoms with E-state index in [9.17, 15) is 0 Å². The Balaban J connectivity index is 1.86. The molecule has 104 valence electrons. The van der Waals surface area contributed by atoms with Crippen LogP contribution in [0.1, 0.15) is 27.7 Å². The third kappa shape index (κ3) is 2.30. The molecular formula is C15H18BNO2S. The van der Waals surface area contributed by atoms with Crippen molar-refractivity contribution in [2.75, 3.05) is 0 Å². The van der Waals surface area contributed by atoms with E-state index in [1.165, 1.54) is 0 Å². The molecule has 0 unspecified atom stereocenters. The van der Waals surface area contributed by atoms with Gasteiger partial charge in [0.15, 0.2) is 0 Å². The van der Waals surface area contributed by atoms with Crippen LogP contribution >= 0.6 is 11.3 Å². The highest BCUT2D eigenvalue weighted by Crippen LogP contribution is 2.36. The summed E-state index contributed by atoms with van der Waals surface area (Å²) in [4.78, 5) is 5.54. The Kier molecular flexibility index (Phi) is 3.24. The number of hydrogen-bond acceptors (Lipinski definition) is 4. The highest BCUT2D eigenvalue weighted by atomic mass is 32.1. The van der Waals surface area contributed by atoms with Gasteiger partial charge in [0, 0.05) is 10.9 Å². The Morgan fingerprint density at radius 3 is 2.20 bits per heavy atom. The van der Waals surface area contributed by atoms with Crippen molar-refractivity contribution in [1.82, 2.24) is 4.98 Å². The number of rotatable bonds is 2. The Hall–Kier alpha value is -1.17. The zero-order valence-electron chi connectivity index (χ0n) is 12.2. The van der Waals surface area contributed by atoms with Gasteiger partial charge in [-0.3, -0.25) is 0 Å². The summed E-state index contributed by atoms with van der Waals surface area (Å²) in [6.07, 6.45) is 0. The van der Waals surface area contributed by atoms with Crippen LogP contribution in [-0.2, 0) is 9.31 Å². The molecule has 0 radical (unpaired) electrons. The van der Waals surface area contributed by atoms with Gasteiger partial charge in [0.2, 0.25) is 0 Å². The van der Waals surface area contributed by atoms with Crippen molar-refractivity contribution in [2.24, 2.45) is 0 Å². The second-order valence-electron chi connectivity index (χ2n) is 6.03. The van der Waals surface area contributed by atoms with Crippen molar-refractivity contribution in [3.63, 3.8) is 0 Å². The first-order valence-corrected chi connectivity index (χ1v) is 7.63. The largest absolute Gasteiger partial charge is 0.525 e. The van der Waals surface area contributed by atoms with Gasteiger partial charge in [0.1, 0.15) is 4.91 Å². The summed E-state index contributed by atoms with van der Waals surface area (Å²) in [5.41, 5.74) is 1.44. The van der Waals surface area contributed by atoms with Gasteiger partial charge in [-0.25, -0.2) is 4.98 Å². The van der Waals surface area contributed by atoms with Crippen LogP contribution in [0.15, 0.2) is 35.7 Å². The van der Waals surface area contributed by atoms with E-state index in [-0.39, 0.29) is 18.3 Å². The van der Waals surface area contributed by atoms with E-state index in [1.54, 1.807) is 11.3 Å². The maximum atomic E-state index is 6.02. The predicted octanol–water partition coefficient (Wildman–Crippen LogP) is 3.11. The van der Waals surface area contributed by atoms with E-state index >= 15 is 0 Å². The molecule has 0 saturated carbocycles.